The minimum absolute atomic E-state index is 0. The lowest BCUT2D eigenvalue weighted by Crippen LogP contribution is -2.52. The topological polar surface area (TPSA) is 41.6 Å². The number of carbonyl (C=O) groups is 1. The van der Waals surface area contributed by atoms with Crippen LogP contribution in [0.15, 0.2) is 24.3 Å². The molecule has 1 N–H and O–H groups in total. The van der Waals surface area contributed by atoms with Crippen LogP contribution in [0, 0.1) is 0 Å². The molecular weight excluding hydrogens is 252 g/mol. The van der Waals surface area contributed by atoms with Crippen molar-refractivity contribution in [1.29, 1.82) is 0 Å². The van der Waals surface area contributed by atoms with Crippen LogP contribution in [0.1, 0.15) is 17.3 Å². The summed E-state index contributed by atoms with van der Waals surface area (Å²) in [5.41, 5.74) is 0.642. The molecule has 1 aliphatic rings. The number of halogens is 1. The third-order valence-electron chi connectivity index (χ3n) is 3.10. The smallest absolute Gasteiger partial charge is 0.257 e. The summed E-state index contributed by atoms with van der Waals surface area (Å²) in [7, 11) is 1.59. The largest absolute Gasteiger partial charge is 0.496 e. The van der Waals surface area contributed by atoms with Crippen molar-refractivity contribution in [3.8, 4) is 5.75 Å². The number of benzene rings is 1. The van der Waals surface area contributed by atoms with Crippen molar-refractivity contribution in [3.05, 3.63) is 29.8 Å². The molecule has 0 saturated carbocycles. The average molecular weight is 271 g/mol. The Balaban J connectivity index is 0.00000162. The van der Waals surface area contributed by atoms with Crippen LogP contribution < -0.4 is 10.1 Å². The molecule has 1 aromatic rings. The molecule has 0 radical (unpaired) electrons. The van der Waals surface area contributed by atoms with Gasteiger partial charge in [-0.1, -0.05) is 12.1 Å². The predicted octanol–water partition coefficient (Wildman–Crippen LogP) is 1.55. The van der Waals surface area contributed by atoms with Crippen LogP contribution in [0.5, 0.6) is 5.75 Å². The average Bonchev–Trinajstić information content (AvgIpc) is 2.38. The molecule has 1 amide bonds. The van der Waals surface area contributed by atoms with Gasteiger partial charge in [-0.2, -0.15) is 0 Å². The van der Waals surface area contributed by atoms with Crippen molar-refractivity contribution in [2.75, 3.05) is 26.7 Å². The maximum absolute atomic E-state index is 12.4. The monoisotopic (exact) mass is 270 g/mol. The molecule has 0 aromatic heterocycles. The van der Waals surface area contributed by atoms with E-state index in [2.05, 4.69) is 12.2 Å². The van der Waals surface area contributed by atoms with Gasteiger partial charge < -0.3 is 15.0 Å². The maximum atomic E-state index is 12.4. The van der Waals surface area contributed by atoms with E-state index in [1.54, 1.807) is 7.11 Å². The minimum Gasteiger partial charge on any atom is -0.496 e. The number of nitrogens with zero attached hydrogens (tertiary/aromatic N) is 1. The molecule has 1 aromatic carbocycles. The number of rotatable bonds is 2. The van der Waals surface area contributed by atoms with Crippen molar-refractivity contribution in [3.63, 3.8) is 0 Å². The van der Waals surface area contributed by atoms with Gasteiger partial charge in [-0.05, 0) is 19.1 Å². The van der Waals surface area contributed by atoms with E-state index in [0.717, 1.165) is 19.6 Å². The predicted molar refractivity (Wildman–Crippen MR) is 73.6 cm³/mol. The summed E-state index contributed by atoms with van der Waals surface area (Å²) in [6.45, 7) is 4.50. The van der Waals surface area contributed by atoms with Crippen LogP contribution in [0.25, 0.3) is 0 Å². The van der Waals surface area contributed by atoms with Gasteiger partial charge in [0.05, 0.1) is 12.7 Å². The third-order valence-corrected chi connectivity index (χ3v) is 3.10. The number of carbonyl (C=O) groups excluding carboxylic acids is 1. The molecule has 1 aliphatic heterocycles. The second-order valence-electron chi connectivity index (χ2n) is 4.25. The molecule has 1 fully saturated rings. The summed E-state index contributed by atoms with van der Waals surface area (Å²) >= 11 is 0. The molecule has 2 rings (SSSR count). The molecule has 0 aliphatic carbocycles. The van der Waals surface area contributed by atoms with Crippen LogP contribution in [-0.2, 0) is 0 Å². The minimum atomic E-state index is 0. The first-order chi connectivity index (χ1) is 8.24. The Kier molecular flexibility index (Phi) is 5.44. The number of ether oxygens (including phenoxy) is 1. The van der Waals surface area contributed by atoms with Gasteiger partial charge in [0.2, 0.25) is 0 Å². The summed E-state index contributed by atoms with van der Waals surface area (Å²) in [6, 6.07) is 7.59. The normalized spacial score (nSPS) is 19.0. The highest BCUT2D eigenvalue weighted by atomic mass is 35.5. The standard InChI is InChI=1S/C13H18N2O2.ClH/c1-10-9-14-7-8-15(10)13(16)11-5-3-4-6-12(11)17-2;/h3-6,10,14H,7-9H2,1-2H3;1H/t10-;/m1./s1. The molecule has 1 saturated heterocycles. The second-order valence-corrected chi connectivity index (χ2v) is 4.25. The summed E-state index contributed by atoms with van der Waals surface area (Å²) < 4.78 is 5.23. The summed E-state index contributed by atoms with van der Waals surface area (Å²) in [5.74, 6) is 0.694. The van der Waals surface area contributed by atoms with E-state index in [1.807, 2.05) is 29.2 Å². The highest BCUT2D eigenvalue weighted by Gasteiger charge is 2.25. The number of para-hydroxylation sites is 1. The molecule has 1 atom stereocenters. The highest BCUT2D eigenvalue weighted by Crippen LogP contribution is 2.20. The Morgan fingerprint density at radius 2 is 2.17 bits per heavy atom. The van der Waals surface area contributed by atoms with Gasteiger partial charge in [0.25, 0.3) is 5.91 Å². The zero-order valence-electron chi connectivity index (χ0n) is 10.7. The van der Waals surface area contributed by atoms with Gasteiger partial charge >= 0.3 is 0 Å². The fourth-order valence-electron chi connectivity index (χ4n) is 2.12. The fraction of sp³-hybridized carbons (Fsp3) is 0.462. The SMILES string of the molecule is COc1ccccc1C(=O)N1CCNC[C@H]1C.Cl. The van der Waals surface area contributed by atoms with Gasteiger partial charge in [0.15, 0.2) is 0 Å². The summed E-state index contributed by atoms with van der Waals surface area (Å²) in [5, 5.41) is 3.27. The maximum Gasteiger partial charge on any atom is 0.257 e. The van der Waals surface area contributed by atoms with E-state index in [9.17, 15) is 4.79 Å². The number of piperazine rings is 1. The number of methoxy groups -OCH3 is 1. The molecule has 100 valence electrons. The van der Waals surface area contributed by atoms with E-state index in [0.29, 0.717) is 11.3 Å². The van der Waals surface area contributed by atoms with Gasteiger partial charge in [0.1, 0.15) is 5.75 Å². The zero-order valence-corrected chi connectivity index (χ0v) is 11.5. The Morgan fingerprint density at radius 3 is 2.83 bits per heavy atom. The van der Waals surface area contributed by atoms with E-state index < -0.39 is 0 Å². The molecule has 5 heteroatoms. The molecule has 0 unspecified atom stereocenters. The van der Waals surface area contributed by atoms with Gasteiger partial charge in [0, 0.05) is 25.7 Å². The lowest BCUT2D eigenvalue weighted by atomic mass is 10.1. The first kappa shape index (κ1) is 14.8. The molecule has 18 heavy (non-hydrogen) atoms. The van der Waals surface area contributed by atoms with E-state index in [1.165, 1.54) is 0 Å². The Bertz CT molecular complexity index is 412. The number of amides is 1. The summed E-state index contributed by atoms with van der Waals surface area (Å²) in [6.07, 6.45) is 0. The number of hydrogen-bond acceptors (Lipinski definition) is 3. The fourth-order valence-corrected chi connectivity index (χ4v) is 2.12. The quantitative estimate of drug-likeness (QED) is 0.887. The van der Waals surface area contributed by atoms with Crippen molar-refractivity contribution in [2.45, 2.75) is 13.0 Å². The van der Waals surface area contributed by atoms with Crippen LogP contribution in [0.3, 0.4) is 0 Å². The molecule has 0 spiro atoms. The Labute approximate surface area is 114 Å². The second kappa shape index (κ2) is 6.61. The molecular formula is C13H19ClN2O2. The highest BCUT2D eigenvalue weighted by molar-refractivity contribution is 5.97. The van der Waals surface area contributed by atoms with Crippen LogP contribution in [-0.4, -0.2) is 43.6 Å². The zero-order chi connectivity index (χ0) is 12.3. The van der Waals surface area contributed by atoms with E-state index >= 15 is 0 Å². The van der Waals surface area contributed by atoms with Gasteiger partial charge in [-0.25, -0.2) is 0 Å². The van der Waals surface area contributed by atoms with E-state index in [-0.39, 0.29) is 24.4 Å². The third kappa shape index (κ3) is 2.94. The van der Waals surface area contributed by atoms with Crippen LogP contribution in [0.4, 0.5) is 0 Å². The van der Waals surface area contributed by atoms with Gasteiger partial charge in [-0.15, -0.1) is 12.4 Å². The lowest BCUT2D eigenvalue weighted by molar-refractivity contribution is 0.0652. The van der Waals surface area contributed by atoms with Crippen molar-refractivity contribution >= 4 is 18.3 Å². The Hall–Kier alpha value is -1.26. The molecule has 4 nitrogen and oxygen atoms in total. The van der Waals surface area contributed by atoms with Crippen molar-refractivity contribution < 1.29 is 9.53 Å². The van der Waals surface area contributed by atoms with Crippen molar-refractivity contribution in [1.82, 2.24) is 10.2 Å². The van der Waals surface area contributed by atoms with Gasteiger partial charge in [-0.3, -0.25) is 4.79 Å². The van der Waals surface area contributed by atoms with E-state index in [4.69, 9.17) is 4.74 Å². The van der Waals surface area contributed by atoms with Crippen molar-refractivity contribution in [2.24, 2.45) is 0 Å². The first-order valence-corrected chi connectivity index (χ1v) is 5.88. The van der Waals surface area contributed by atoms with Crippen LogP contribution in [0.2, 0.25) is 0 Å². The molecule has 1 heterocycles. The number of hydrogen-bond donors (Lipinski definition) is 1. The lowest BCUT2D eigenvalue weighted by Gasteiger charge is -2.34. The summed E-state index contributed by atoms with van der Waals surface area (Å²) in [4.78, 5) is 14.3. The first-order valence-electron chi connectivity index (χ1n) is 5.88. The number of nitrogens with one attached hydrogen (secondary N) is 1. The molecule has 0 bridgehead atoms. The van der Waals surface area contributed by atoms with Crippen LogP contribution >= 0.6 is 12.4 Å². The Morgan fingerprint density at radius 1 is 1.44 bits per heavy atom.